The van der Waals surface area contributed by atoms with Gasteiger partial charge in [0.2, 0.25) is 5.91 Å². The van der Waals surface area contributed by atoms with Crippen molar-refractivity contribution in [2.75, 3.05) is 44.7 Å². The predicted octanol–water partition coefficient (Wildman–Crippen LogP) is 3.13. The summed E-state index contributed by atoms with van der Waals surface area (Å²) in [6, 6.07) is 15.2. The van der Waals surface area contributed by atoms with Gasteiger partial charge in [-0.1, -0.05) is 30.3 Å². The van der Waals surface area contributed by atoms with Gasteiger partial charge in [-0.25, -0.2) is 4.98 Å². The number of pyridine rings is 1. The van der Waals surface area contributed by atoms with E-state index in [1.165, 1.54) is 30.4 Å². The summed E-state index contributed by atoms with van der Waals surface area (Å²) in [6.45, 7) is 4.10. The standard InChI is InChI=1S/C23H30N4O/c1-25(21-10-6-8-19-7-2-3-9-20(19)21)14-12-23(28)27-17-15-26(16-18-27)22-11-4-5-13-24-22/h2-5,7,9,11,13,21H,6,8,10,12,14-18H2,1H3/t21-/m0/s1. The van der Waals surface area contributed by atoms with Gasteiger partial charge in [0.15, 0.2) is 0 Å². The number of carbonyl (C=O) groups is 1. The smallest absolute Gasteiger partial charge is 0.223 e. The van der Waals surface area contributed by atoms with E-state index in [1.807, 2.05) is 29.3 Å². The molecule has 4 rings (SSSR count). The Morgan fingerprint density at radius 1 is 1.11 bits per heavy atom. The van der Waals surface area contributed by atoms with Gasteiger partial charge in [-0.05, 0) is 49.6 Å². The molecule has 0 bridgehead atoms. The van der Waals surface area contributed by atoms with Crippen LogP contribution in [0.5, 0.6) is 0 Å². The first-order chi connectivity index (χ1) is 13.7. The molecule has 1 aromatic carbocycles. The van der Waals surface area contributed by atoms with Gasteiger partial charge in [0, 0.05) is 51.4 Å². The van der Waals surface area contributed by atoms with Gasteiger partial charge in [0.05, 0.1) is 0 Å². The Bertz CT molecular complexity index is 786. The topological polar surface area (TPSA) is 39.7 Å². The molecule has 2 aliphatic rings. The molecule has 2 heterocycles. The highest BCUT2D eigenvalue weighted by Gasteiger charge is 2.25. The summed E-state index contributed by atoms with van der Waals surface area (Å²) in [4.78, 5) is 23.8. The minimum absolute atomic E-state index is 0.275. The van der Waals surface area contributed by atoms with Crippen LogP contribution in [0.4, 0.5) is 5.82 Å². The molecule has 28 heavy (non-hydrogen) atoms. The van der Waals surface area contributed by atoms with E-state index in [-0.39, 0.29) is 5.91 Å². The molecular weight excluding hydrogens is 348 g/mol. The van der Waals surface area contributed by atoms with Crippen LogP contribution in [0.1, 0.15) is 36.4 Å². The average molecular weight is 379 g/mol. The third-order valence-electron chi connectivity index (χ3n) is 6.15. The van der Waals surface area contributed by atoms with Crippen molar-refractivity contribution in [3.63, 3.8) is 0 Å². The highest BCUT2D eigenvalue weighted by atomic mass is 16.2. The lowest BCUT2D eigenvalue weighted by Gasteiger charge is -2.36. The Hall–Kier alpha value is -2.40. The number of carbonyl (C=O) groups excluding carboxylic acids is 1. The number of nitrogens with zero attached hydrogens (tertiary/aromatic N) is 4. The van der Waals surface area contributed by atoms with Crippen LogP contribution in [0.15, 0.2) is 48.7 Å². The van der Waals surface area contributed by atoms with Crippen LogP contribution in [0, 0.1) is 0 Å². The van der Waals surface area contributed by atoms with Gasteiger partial charge >= 0.3 is 0 Å². The summed E-state index contributed by atoms with van der Waals surface area (Å²) < 4.78 is 0. The summed E-state index contributed by atoms with van der Waals surface area (Å²) >= 11 is 0. The highest BCUT2D eigenvalue weighted by molar-refractivity contribution is 5.76. The fourth-order valence-electron chi connectivity index (χ4n) is 4.50. The van der Waals surface area contributed by atoms with Crippen LogP contribution in [-0.2, 0) is 11.2 Å². The van der Waals surface area contributed by atoms with Crippen molar-refractivity contribution in [1.29, 1.82) is 0 Å². The van der Waals surface area contributed by atoms with Crippen molar-refractivity contribution < 1.29 is 4.79 Å². The first-order valence-corrected chi connectivity index (χ1v) is 10.4. The second-order valence-corrected chi connectivity index (χ2v) is 7.89. The fraction of sp³-hybridized carbons (Fsp3) is 0.478. The zero-order valence-corrected chi connectivity index (χ0v) is 16.8. The van der Waals surface area contributed by atoms with Crippen molar-refractivity contribution in [2.24, 2.45) is 0 Å². The van der Waals surface area contributed by atoms with Gasteiger partial charge in [0.25, 0.3) is 0 Å². The monoisotopic (exact) mass is 378 g/mol. The van der Waals surface area contributed by atoms with Crippen molar-refractivity contribution in [3.8, 4) is 0 Å². The van der Waals surface area contributed by atoms with Crippen molar-refractivity contribution in [1.82, 2.24) is 14.8 Å². The molecule has 1 aliphatic carbocycles. The normalized spacial score (nSPS) is 19.6. The minimum atomic E-state index is 0.275. The van der Waals surface area contributed by atoms with E-state index < -0.39 is 0 Å². The molecule has 2 aromatic rings. The molecule has 1 amide bonds. The Balaban J connectivity index is 1.27. The Labute approximate surface area is 168 Å². The molecule has 1 saturated heterocycles. The third-order valence-corrected chi connectivity index (χ3v) is 6.15. The van der Waals surface area contributed by atoms with E-state index in [4.69, 9.17) is 0 Å². The van der Waals surface area contributed by atoms with E-state index in [2.05, 4.69) is 46.1 Å². The second kappa shape index (κ2) is 8.74. The molecule has 148 valence electrons. The SMILES string of the molecule is CN(CCC(=O)N1CCN(c2ccccn2)CC1)[C@H]1CCCc2ccccc21. The van der Waals surface area contributed by atoms with Crippen LogP contribution in [-0.4, -0.2) is 60.5 Å². The lowest BCUT2D eigenvalue weighted by Crippen LogP contribution is -2.49. The Kier molecular flexibility index (Phi) is 5.91. The van der Waals surface area contributed by atoms with Gasteiger partial charge < -0.3 is 9.80 Å². The quantitative estimate of drug-likeness (QED) is 0.801. The van der Waals surface area contributed by atoms with Crippen LogP contribution in [0.25, 0.3) is 0 Å². The lowest BCUT2D eigenvalue weighted by molar-refractivity contribution is -0.131. The summed E-state index contributed by atoms with van der Waals surface area (Å²) in [6.07, 6.45) is 6.02. The number of amides is 1. The largest absolute Gasteiger partial charge is 0.353 e. The molecule has 0 spiro atoms. The zero-order chi connectivity index (χ0) is 19.3. The molecule has 1 aromatic heterocycles. The van der Waals surface area contributed by atoms with Gasteiger partial charge in [-0.15, -0.1) is 0 Å². The molecule has 1 fully saturated rings. The van der Waals surface area contributed by atoms with Gasteiger partial charge in [-0.3, -0.25) is 9.69 Å². The molecule has 0 unspecified atom stereocenters. The third kappa shape index (κ3) is 4.20. The molecule has 0 N–H and O–H groups in total. The molecular formula is C23H30N4O. The molecule has 0 radical (unpaired) electrons. The summed E-state index contributed by atoms with van der Waals surface area (Å²) in [5.41, 5.74) is 2.93. The van der Waals surface area contributed by atoms with E-state index in [0.717, 1.165) is 38.5 Å². The summed E-state index contributed by atoms with van der Waals surface area (Å²) in [5, 5.41) is 0. The number of aromatic nitrogens is 1. The highest BCUT2D eigenvalue weighted by Crippen LogP contribution is 2.33. The number of hydrogen-bond acceptors (Lipinski definition) is 4. The van der Waals surface area contributed by atoms with Gasteiger partial charge in [-0.2, -0.15) is 0 Å². The molecule has 0 saturated carbocycles. The maximum atomic E-state index is 12.7. The van der Waals surface area contributed by atoms with Gasteiger partial charge in [0.1, 0.15) is 5.82 Å². The zero-order valence-electron chi connectivity index (χ0n) is 16.8. The van der Waals surface area contributed by atoms with E-state index in [0.29, 0.717) is 12.5 Å². The van der Waals surface area contributed by atoms with Crippen molar-refractivity contribution in [3.05, 3.63) is 59.8 Å². The first-order valence-electron chi connectivity index (χ1n) is 10.4. The number of hydrogen-bond donors (Lipinski definition) is 0. The molecule has 1 aliphatic heterocycles. The number of fused-ring (bicyclic) bond motifs is 1. The average Bonchev–Trinajstić information content (AvgIpc) is 2.77. The van der Waals surface area contributed by atoms with Crippen molar-refractivity contribution >= 4 is 11.7 Å². The van der Waals surface area contributed by atoms with Crippen LogP contribution < -0.4 is 4.90 Å². The van der Waals surface area contributed by atoms with Crippen molar-refractivity contribution in [2.45, 2.75) is 31.7 Å². The number of piperazine rings is 1. The van der Waals surface area contributed by atoms with E-state index in [9.17, 15) is 4.79 Å². The molecule has 5 heteroatoms. The number of rotatable bonds is 5. The number of aryl methyl sites for hydroxylation is 1. The van der Waals surface area contributed by atoms with E-state index in [1.54, 1.807) is 0 Å². The minimum Gasteiger partial charge on any atom is -0.353 e. The van der Waals surface area contributed by atoms with Crippen LogP contribution in [0.3, 0.4) is 0 Å². The summed E-state index contributed by atoms with van der Waals surface area (Å²) in [5.74, 6) is 1.28. The summed E-state index contributed by atoms with van der Waals surface area (Å²) in [7, 11) is 2.17. The maximum absolute atomic E-state index is 12.7. The van der Waals surface area contributed by atoms with E-state index >= 15 is 0 Å². The van der Waals surface area contributed by atoms with Crippen LogP contribution in [0.2, 0.25) is 0 Å². The molecule has 1 atom stereocenters. The van der Waals surface area contributed by atoms with Crippen LogP contribution >= 0.6 is 0 Å². The predicted molar refractivity (Wildman–Crippen MR) is 112 cm³/mol. The number of anilines is 1. The second-order valence-electron chi connectivity index (χ2n) is 7.89. The molecule has 5 nitrogen and oxygen atoms in total. The lowest BCUT2D eigenvalue weighted by atomic mass is 9.87. The Morgan fingerprint density at radius 2 is 1.89 bits per heavy atom. The Morgan fingerprint density at radius 3 is 2.68 bits per heavy atom. The number of benzene rings is 1. The first kappa shape index (κ1) is 18.9. The fourth-order valence-corrected chi connectivity index (χ4v) is 4.50. The maximum Gasteiger partial charge on any atom is 0.223 e.